The number of hydrogen-bond donors (Lipinski definition) is 1. The lowest BCUT2D eigenvalue weighted by Crippen LogP contribution is -2.45. The number of carbonyl (C=O) groups excluding carboxylic acids is 1. The highest BCUT2D eigenvalue weighted by molar-refractivity contribution is 9.10. The van der Waals surface area contributed by atoms with Gasteiger partial charge in [0.1, 0.15) is 0 Å². The Morgan fingerprint density at radius 3 is 2.57 bits per heavy atom. The molecule has 1 aliphatic heterocycles. The Hall–Kier alpha value is -1.73. The van der Waals surface area contributed by atoms with E-state index in [1.54, 1.807) is 0 Å². The van der Waals surface area contributed by atoms with Crippen LogP contribution in [0.2, 0.25) is 0 Å². The molecule has 2 aromatic rings. The van der Waals surface area contributed by atoms with Crippen molar-refractivity contribution >= 4 is 21.8 Å². The van der Waals surface area contributed by atoms with Gasteiger partial charge in [-0.1, -0.05) is 53.2 Å². The molecule has 4 rings (SSSR count). The number of aromatic nitrogens is 2. The van der Waals surface area contributed by atoms with E-state index in [9.17, 15) is 4.79 Å². The first kappa shape index (κ1) is 21.5. The number of benzene rings is 1. The van der Waals surface area contributed by atoms with Crippen LogP contribution in [-0.2, 0) is 11.3 Å². The normalized spacial score (nSPS) is 21.7. The fourth-order valence-electron chi connectivity index (χ4n) is 4.56. The third-order valence-electron chi connectivity index (χ3n) is 6.26. The minimum atomic E-state index is 0.0538. The Labute approximate surface area is 186 Å². The Bertz CT molecular complexity index is 815. The summed E-state index contributed by atoms with van der Waals surface area (Å²) in [6.45, 7) is 2.31. The van der Waals surface area contributed by atoms with Gasteiger partial charge >= 0.3 is 0 Å². The molecule has 1 atom stereocenters. The molecule has 1 aromatic carbocycles. The standard InChI is InChI=1S/C23H31BrN4O2/c24-19-12-10-17(11-13-19)22-26-21(30-27-22)16-28-14-6-7-18(15-28)23(29)25-20-8-4-2-1-3-5-9-20/h10-13,18,20H,1-9,14-16H2,(H,25,29). The quantitative estimate of drug-likeness (QED) is 0.664. The van der Waals surface area contributed by atoms with Crippen LogP contribution in [0.3, 0.4) is 0 Å². The summed E-state index contributed by atoms with van der Waals surface area (Å²) < 4.78 is 6.50. The van der Waals surface area contributed by atoms with Crippen LogP contribution in [-0.4, -0.2) is 40.1 Å². The second-order valence-corrected chi connectivity index (χ2v) is 9.56. The number of piperidine rings is 1. The van der Waals surface area contributed by atoms with Gasteiger partial charge in [-0.15, -0.1) is 0 Å². The molecule has 0 radical (unpaired) electrons. The predicted molar refractivity (Wildman–Crippen MR) is 120 cm³/mol. The summed E-state index contributed by atoms with van der Waals surface area (Å²) in [5.74, 6) is 1.49. The van der Waals surface area contributed by atoms with E-state index in [-0.39, 0.29) is 11.8 Å². The molecule has 2 fully saturated rings. The molecule has 1 aromatic heterocycles. The molecule has 6 nitrogen and oxygen atoms in total. The summed E-state index contributed by atoms with van der Waals surface area (Å²) >= 11 is 3.44. The smallest absolute Gasteiger partial charge is 0.241 e. The number of nitrogens with one attached hydrogen (secondary N) is 1. The number of nitrogens with zero attached hydrogens (tertiary/aromatic N) is 3. The molecule has 0 spiro atoms. The van der Waals surface area contributed by atoms with Crippen molar-refractivity contribution < 1.29 is 9.32 Å². The fraction of sp³-hybridized carbons (Fsp3) is 0.609. The molecular weight excluding hydrogens is 444 g/mol. The van der Waals surface area contributed by atoms with Gasteiger partial charge in [-0.3, -0.25) is 9.69 Å². The summed E-state index contributed by atoms with van der Waals surface area (Å²) in [6.07, 6.45) is 10.7. The zero-order valence-corrected chi connectivity index (χ0v) is 19.1. The highest BCUT2D eigenvalue weighted by atomic mass is 79.9. The number of halogens is 1. The maximum atomic E-state index is 12.9. The second-order valence-electron chi connectivity index (χ2n) is 8.64. The molecule has 0 bridgehead atoms. The zero-order chi connectivity index (χ0) is 20.8. The summed E-state index contributed by atoms with van der Waals surface area (Å²) in [5, 5.41) is 7.47. The van der Waals surface area contributed by atoms with E-state index < -0.39 is 0 Å². The predicted octanol–water partition coefficient (Wildman–Crippen LogP) is 4.94. The topological polar surface area (TPSA) is 71.3 Å². The summed E-state index contributed by atoms with van der Waals surface area (Å²) in [4.78, 5) is 19.7. The molecule has 1 aliphatic carbocycles. The van der Waals surface area contributed by atoms with Crippen molar-refractivity contribution in [1.29, 1.82) is 0 Å². The number of rotatable bonds is 5. The third kappa shape index (κ3) is 5.91. The maximum absolute atomic E-state index is 12.9. The number of hydrogen-bond acceptors (Lipinski definition) is 5. The van der Waals surface area contributed by atoms with Crippen LogP contribution < -0.4 is 5.32 Å². The van der Waals surface area contributed by atoms with Crippen LogP contribution in [0.5, 0.6) is 0 Å². The van der Waals surface area contributed by atoms with Crippen molar-refractivity contribution in [3.05, 3.63) is 34.6 Å². The average Bonchev–Trinajstić information content (AvgIpc) is 3.19. The number of carbonyl (C=O) groups is 1. The maximum Gasteiger partial charge on any atom is 0.241 e. The van der Waals surface area contributed by atoms with Gasteiger partial charge in [0, 0.05) is 22.6 Å². The second kappa shape index (κ2) is 10.5. The first-order chi connectivity index (χ1) is 14.7. The fourth-order valence-corrected chi connectivity index (χ4v) is 4.82. The van der Waals surface area contributed by atoms with E-state index >= 15 is 0 Å². The molecule has 7 heteroatoms. The molecule has 1 saturated carbocycles. The first-order valence-electron chi connectivity index (χ1n) is 11.3. The van der Waals surface area contributed by atoms with Crippen LogP contribution in [0.25, 0.3) is 11.4 Å². The molecule has 1 amide bonds. The van der Waals surface area contributed by atoms with Crippen molar-refractivity contribution in [2.24, 2.45) is 5.92 Å². The minimum Gasteiger partial charge on any atom is -0.353 e. The van der Waals surface area contributed by atoms with Crippen LogP contribution in [0.15, 0.2) is 33.3 Å². The Kier molecular flexibility index (Phi) is 7.55. The molecule has 30 heavy (non-hydrogen) atoms. The van der Waals surface area contributed by atoms with Crippen LogP contribution >= 0.6 is 15.9 Å². The Morgan fingerprint density at radius 1 is 1.07 bits per heavy atom. The Morgan fingerprint density at radius 2 is 1.80 bits per heavy atom. The first-order valence-corrected chi connectivity index (χ1v) is 12.1. The number of amides is 1. The van der Waals surface area contributed by atoms with Crippen molar-refractivity contribution in [3.63, 3.8) is 0 Å². The molecule has 2 aliphatic rings. The monoisotopic (exact) mass is 474 g/mol. The van der Waals surface area contributed by atoms with Crippen LogP contribution in [0.1, 0.15) is 63.7 Å². The lowest BCUT2D eigenvalue weighted by molar-refractivity contribution is -0.127. The molecule has 1 N–H and O–H groups in total. The van der Waals surface area contributed by atoms with E-state index in [0.29, 0.717) is 24.3 Å². The van der Waals surface area contributed by atoms with Crippen LogP contribution in [0.4, 0.5) is 0 Å². The summed E-state index contributed by atoms with van der Waals surface area (Å²) in [6, 6.07) is 8.23. The van der Waals surface area contributed by atoms with Gasteiger partial charge in [-0.2, -0.15) is 4.98 Å². The molecule has 1 unspecified atom stereocenters. The van der Waals surface area contributed by atoms with Crippen molar-refractivity contribution in [2.45, 2.75) is 70.4 Å². The minimum absolute atomic E-state index is 0.0538. The van der Waals surface area contributed by atoms with Crippen molar-refractivity contribution in [1.82, 2.24) is 20.4 Å². The lowest BCUT2D eigenvalue weighted by atomic mass is 9.94. The van der Waals surface area contributed by atoms with Gasteiger partial charge in [0.15, 0.2) is 0 Å². The van der Waals surface area contributed by atoms with Gasteiger partial charge in [-0.25, -0.2) is 0 Å². The van der Waals surface area contributed by atoms with E-state index in [1.807, 2.05) is 24.3 Å². The average molecular weight is 475 g/mol. The SMILES string of the molecule is O=C(NC1CCCCCCC1)C1CCCN(Cc2nc(-c3ccc(Br)cc3)no2)C1. The largest absolute Gasteiger partial charge is 0.353 e. The van der Waals surface area contributed by atoms with Crippen molar-refractivity contribution in [3.8, 4) is 11.4 Å². The third-order valence-corrected chi connectivity index (χ3v) is 6.79. The highest BCUT2D eigenvalue weighted by Crippen LogP contribution is 2.23. The van der Waals surface area contributed by atoms with Crippen LogP contribution in [0, 0.1) is 5.92 Å². The van der Waals surface area contributed by atoms with Gasteiger partial charge in [0.05, 0.1) is 12.5 Å². The highest BCUT2D eigenvalue weighted by Gasteiger charge is 2.28. The van der Waals surface area contributed by atoms with Gasteiger partial charge in [0.25, 0.3) is 0 Å². The van der Waals surface area contributed by atoms with E-state index in [4.69, 9.17) is 4.52 Å². The lowest BCUT2D eigenvalue weighted by Gasteiger charge is -2.32. The van der Waals surface area contributed by atoms with E-state index in [1.165, 1.54) is 32.1 Å². The van der Waals surface area contributed by atoms with Gasteiger partial charge in [-0.05, 0) is 56.5 Å². The van der Waals surface area contributed by atoms with E-state index in [0.717, 1.165) is 48.8 Å². The molecule has 162 valence electrons. The van der Waals surface area contributed by atoms with Gasteiger partial charge in [0.2, 0.25) is 17.6 Å². The Balaban J connectivity index is 1.30. The summed E-state index contributed by atoms with van der Waals surface area (Å²) in [7, 11) is 0. The molecule has 1 saturated heterocycles. The summed E-state index contributed by atoms with van der Waals surface area (Å²) in [5.41, 5.74) is 0.934. The van der Waals surface area contributed by atoms with Crippen molar-refractivity contribution in [2.75, 3.05) is 13.1 Å². The van der Waals surface area contributed by atoms with E-state index in [2.05, 4.69) is 36.3 Å². The zero-order valence-electron chi connectivity index (χ0n) is 17.5. The number of likely N-dealkylation sites (tertiary alicyclic amines) is 1. The molecule has 2 heterocycles. The molecular formula is C23H31BrN4O2. The van der Waals surface area contributed by atoms with Gasteiger partial charge < -0.3 is 9.84 Å².